The highest BCUT2D eigenvalue weighted by molar-refractivity contribution is 5.86. The van der Waals surface area contributed by atoms with Crippen LogP contribution in [0.4, 0.5) is 26.7 Å². The molecule has 41 heavy (non-hydrogen) atoms. The third-order valence-corrected chi connectivity index (χ3v) is 9.42. The van der Waals surface area contributed by atoms with E-state index in [0.717, 1.165) is 6.42 Å². The lowest BCUT2D eigenvalue weighted by molar-refractivity contribution is -0.207. The van der Waals surface area contributed by atoms with Crippen LogP contribution in [0.25, 0.3) is 0 Å². The molecule has 4 fully saturated rings. The van der Waals surface area contributed by atoms with Gasteiger partial charge in [-0.3, -0.25) is 9.69 Å². The molecule has 2 atom stereocenters. The second-order valence-electron chi connectivity index (χ2n) is 13.7. The first-order valence-corrected chi connectivity index (χ1v) is 14.1. The van der Waals surface area contributed by atoms with Crippen LogP contribution in [0, 0.1) is 5.41 Å². The van der Waals surface area contributed by atoms with E-state index >= 15 is 0 Å². The topological polar surface area (TPSA) is 109 Å². The van der Waals surface area contributed by atoms with Gasteiger partial charge in [0, 0.05) is 44.3 Å². The molecule has 230 valence electrons. The summed E-state index contributed by atoms with van der Waals surface area (Å²) in [5.74, 6) is -4.37. The van der Waals surface area contributed by atoms with Crippen LogP contribution in [-0.4, -0.2) is 86.5 Å². The van der Waals surface area contributed by atoms with Gasteiger partial charge in [0.2, 0.25) is 17.7 Å². The lowest BCUT2D eigenvalue weighted by atomic mass is 9.61. The van der Waals surface area contributed by atoms with Gasteiger partial charge in [0.15, 0.2) is 5.82 Å². The normalized spacial score (nSPS) is 28.5. The Hall–Kier alpha value is -2.51. The van der Waals surface area contributed by atoms with E-state index in [9.17, 15) is 36.6 Å². The number of alkyl halides is 5. The fourth-order valence-electron chi connectivity index (χ4n) is 6.87. The molecular weight excluding hydrogens is 555 g/mol. The molecule has 5 rings (SSSR count). The summed E-state index contributed by atoms with van der Waals surface area (Å²) < 4.78 is 81.3. The Morgan fingerprint density at radius 1 is 1.07 bits per heavy atom. The van der Waals surface area contributed by atoms with Gasteiger partial charge < -0.3 is 19.3 Å². The number of nitrogens with zero attached hydrogens (tertiary/aromatic N) is 4. The number of piperidine rings is 2. The summed E-state index contributed by atoms with van der Waals surface area (Å²) in [7, 11) is 0. The predicted octanol–water partition coefficient (Wildman–Crippen LogP) is 4.72. The fourth-order valence-corrected chi connectivity index (χ4v) is 6.87. The number of aliphatic hydroxyl groups is 1. The molecule has 14 heteroatoms. The van der Waals surface area contributed by atoms with Crippen LogP contribution < -0.4 is 0 Å². The molecule has 2 amide bonds. The minimum Gasteiger partial charge on any atom is -0.444 e. The van der Waals surface area contributed by atoms with Crippen molar-refractivity contribution in [1.82, 2.24) is 19.9 Å². The number of carbonyl (C=O) groups is 2. The minimum absolute atomic E-state index is 0.0313. The third kappa shape index (κ3) is 5.18. The van der Waals surface area contributed by atoms with E-state index in [1.807, 2.05) is 0 Å². The largest absolute Gasteiger partial charge is 0.444 e. The van der Waals surface area contributed by atoms with E-state index in [0.29, 0.717) is 12.8 Å². The molecule has 0 unspecified atom stereocenters. The van der Waals surface area contributed by atoms with Gasteiger partial charge in [-0.25, -0.2) is 13.6 Å². The van der Waals surface area contributed by atoms with Crippen LogP contribution >= 0.6 is 0 Å². The van der Waals surface area contributed by atoms with E-state index in [-0.39, 0.29) is 31.9 Å². The van der Waals surface area contributed by atoms with Crippen LogP contribution in [-0.2, 0) is 20.4 Å². The quantitative estimate of drug-likeness (QED) is 0.506. The Kier molecular flexibility index (Phi) is 6.94. The molecule has 2 aliphatic heterocycles. The van der Waals surface area contributed by atoms with E-state index < -0.39 is 89.6 Å². The smallest absolute Gasteiger partial charge is 0.410 e. The van der Waals surface area contributed by atoms with Crippen LogP contribution in [0.2, 0.25) is 0 Å². The number of amides is 2. The molecule has 2 saturated heterocycles. The van der Waals surface area contributed by atoms with E-state index in [4.69, 9.17) is 9.26 Å². The summed E-state index contributed by atoms with van der Waals surface area (Å²) in [5.41, 5.74) is -5.08. The molecule has 1 aromatic rings. The zero-order valence-electron chi connectivity index (χ0n) is 23.7. The number of halogens is 5. The van der Waals surface area contributed by atoms with Gasteiger partial charge in [0.1, 0.15) is 17.1 Å². The van der Waals surface area contributed by atoms with Crippen molar-refractivity contribution in [1.29, 1.82) is 0 Å². The summed E-state index contributed by atoms with van der Waals surface area (Å²) >= 11 is 0. The summed E-state index contributed by atoms with van der Waals surface area (Å²) in [5, 5.41) is 14.5. The zero-order valence-corrected chi connectivity index (χ0v) is 23.7. The summed E-state index contributed by atoms with van der Waals surface area (Å²) in [4.78, 5) is 33.4. The molecule has 1 aromatic heterocycles. The van der Waals surface area contributed by atoms with E-state index in [1.165, 1.54) is 16.7 Å². The molecule has 1 N–H and O–H groups in total. The highest BCUT2D eigenvalue weighted by Crippen LogP contribution is 2.54. The highest BCUT2D eigenvalue weighted by atomic mass is 19.4. The Labute approximate surface area is 234 Å². The number of aromatic nitrogens is 2. The number of hydrogen-bond donors (Lipinski definition) is 1. The molecule has 0 radical (unpaired) electrons. The average Bonchev–Trinajstić information content (AvgIpc) is 3.31. The average molecular weight is 593 g/mol. The summed E-state index contributed by atoms with van der Waals surface area (Å²) in [6, 6.07) is -1.08. The van der Waals surface area contributed by atoms with Crippen molar-refractivity contribution >= 4 is 12.0 Å². The van der Waals surface area contributed by atoms with Gasteiger partial charge in [0.25, 0.3) is 0 Å². The van der Waals surface area contributed by atoms with Gasteiger partial charge in [-0.1, -0.05) is 18.5 Å². The number of likely N-dealkylation sites (tertiary alicyclic amines) is 2. The first-order chi connectivity index (χ1) is 18.8. The molecule has 2 aliphatic carbocycles. The zero-order chi connectivity index (χ0) is 30.2. The van der Waals surface area contributed by atoms with Crippen molar-refractivity contribution in [3.63, 3.8) is 0 Å². The van der Waals surface area contributed by atoms with E-state index in [1.54, 1.807) is 20.8 Å². The maximum atomic E-state index is 14.5. The molecule has 1 spiro atoms. The van der Waals surface area contributed by atoms with Gasteiger partial charge in [-0.05, 0) is 46.5 Å². The summed E-state index contributed by atoms with van der Waals surface area (Å²) in [6.07, 6.45) is -6.39. The molecule has 4 aliphatic rings. The van der Waals surface area contributed by atoms with Crippen LogP contribution in [0.5, 0.6) is 0 Å². The van der Waals surface area contributed by atoms with Crippen LogP contribution in [0.1, 0.15) is 90.8 Å². The standard InChI is InChI=1S/C27H37F5N4O5/c1-22(2,3)40-21(39)36-15-24(6-5-7-24)17(37)12-16(36)18(38)35-10-8-25(9-11-35,27(30,31)32)19-33-20(41-34-19)23(4)13-26(28,29)14-23/h16-17,37H,5-15H2,1-4H3/t16-,17+/m0/s1. The number of rotatable bonds is 3. The number of aliphatic hydroxyl groups excluding tert-OH is 1. The lowest BCUT2D eigenvalue weighted by Gasteiger charge is -2.54. The van der Waals surface area contributed by atoms with Crippen molar-refractivity contribution < 1.29 is 45.9 Å². The molecule has 3 heterocycles. The van der Waals surface area contributed by atoms with Crippen molar-refractivity contribution in [3.05, 3.63) is 11.7 Å². The Balaban J connectivity index is 1.34. The third-order valence-electron chi connectivity index (χ3n) is 9.42. The SMILES string of the molecule is CC(C)(C)OC(=O)N1CC2(CCC2)[C@H](O)C[C@H]1C(=O)N1CCC(c2noc(C3(C)CC(F)(F)C3)n2)(C(F)(F)F)CC1. The Morgan fingerprint density at radius 3 is 2.17 bits per heavy atom. The second kappa shape index (κ2) is 9.50. The second-order valence-corrected chi connectivity index (χ2v) is 13.7. The Morgan fingerprint density at radius 2 is 1.68 bits per heavy atom. The number of carbonyl (C=O) groups excluding carboxylic acids is 2. The number of hydrogen-bond acceptors (Lipinski definition) is 7. The van der Waals surface area contributed by atoms with Crippen LogP contribution in [0.15, 0.2) is 4.52 Å². The lowest BCUT2D eigenvalue weighted by Crippen LogP contribution is -2.65. The van der Waals surface area contributed by atoms with Gasteiger partial charge in [-0.15, -0.1) is 0 Å². The van der Waals surface area contributed by atoms with Crippen molar-refractivity contribution in [2.45, 2.75) is 120 Å². The van der Waals surface area contributed by atoms with Crippen molar-refractivity contribution in [3.8, 4) is 0 Å². The maximum absolute atomic E-state index is 14.5. The monoisotopic (exact) mass is 592 g/mol. The Bertz CT molecular complexity index is 1180. The van der Waals surface area contributed by atoms with E-state index in [2.05, 4.69) is 10.1 Å². The first-order valence-electron chi connectivity index (χ1n) is 14.1. The minimum atomic E-state index is -4.80. The van der Waals surface area contributed by atoms with Crippen molar-refractivity contribution in [2.24, 2.45) is 5.41 Å². The van der Waals surface area contributed by atoms with Crippen LogP contribution in [0.3, 0.4) is 0 Å². The summed E-state index contributed by atoms with van der Waals surface area (Å²) in [6.45, 7) is 6.05. The van der Waals surface area contributed by atoms with Gasteiger partial charge in [0.05, 0.1) is 11.5 Å². The maximum Gasteiger partial charge on any atom is 0.410 e. The first kappa shape index (κ1) is 30.0. The molecule has 0 bridgehead atoms. The van der Waals surface area contributed by atoms with Gasteiger partial charge in [-0.2, -0.15) is 18.2 Å². The van der Waals surface area contributed by atoms with Gasteiger partial charge >= 0.3 is 12.3 Å². The molecule has 9 nitrogen and oxygen atoms in total. The van der Waals surface area contributed by atoms with Crippen molar-refractivity contribution in [2.75, 3.05) is 19.6 Å². The fraction of sp³-hybridized carbons (Fsp3) is 0.852. The molecule has 2 saturated carbocycles. The predicted molar refractivity (Wildman–Crippen MR) is 133 cm³/mol. The number of ether oxygens (including phenoxy) is 1. The molecule has 0 aromatic carbocycles. The highest BCUT2D eigenvalue weighted by Gasteiger charge is 2.63. The molecular formula is C27H37F5N4O5.